The molecule has 0 saturated heterocycles. The maximum Gasteiger partial charge on any atom is 0.296 e. The molecule has 1 unspecified atom stereocenters. The summed E-state index contributed by atoms with van der Waals surface area (Å²) in [5.41, 5.74) is 0.907. The van der Waals surface area contributed by atoms with Gasteiger partial charge in [0.1, 0.15) is 0 Å². The highest BCUT2D eigenvalue weighted by molar-refractivity contribution is 7.86. The topological polar surface area (TPSA) is 43.4 Å². The van der Waals surface area contributed by atoms with Crippen molar-refractivity contribution in [1.29, 1.82) is 0 Å². The highest BCUT2D eigenvalue weighted by Crippen LogP contribution is 2.16. The molecular weight excluding hydrogens is 250 g/mol. The molecule has 0 radical (unpaired) electrons. The van der Waals surface area contributed by atoms with Crippen LogP contribution in [0, 0.1) is 12.8 Å². The van der Waals surface area contributed by atoms with Crippen LogP contribution in [0.3, 0.4) is 0 Å². The van der Waals surface area contributed by atoms with Gasteiger partial charge in [0, 0.05) is 5.92 Å². The minimum atomic E-state index is -3.94. The summed E-state index contributed by atoms with van der Waals surface area (Å²) in [5.74, 6) is -1.12. The third-order valence-electron chi connectivity index (χ3n) is 2.23. The van der Waals surface area contributed by atoms with Gasteiger partial charge in [-0.1, -0.05) is 24.6 Å². The van der Waals surface area contributed by atoms with Gasteiger partial charge in [0.2, 0.25) is 6.43 Å². The first kappa shape index (κ1) is 14.1. The Kier molecular flexibility index (Phi) is 4.59. The summed E-state index contributed by atoms with van der Waals surface area (Å²) in [6.45, 7) is 2.53. The molecule has 17 heavy (non-hydrogen) atoms. The highest BCUT2D eigenvalue weighted by Gasteiger charge is 2.20. The number of hydrogen-bond acceptors (Lipinski definition) is 3. The predicted molar refractivity (Wildman–Crippen MR) is 59.5 cm³/mol. The first-order valence-corrected chi connectivity index (χ1v) is 6.48. The largest absolute Gasteiger partial charge is 0.296 e. The van der Waals surface area contributed by atoms with E-state index in [4.69, 9.17) is 0 Å². The van der Waals surface area contributed by atoms with E-state index in [0.29, 0.717) is 0 Å². The van der Waals surface area contributed by atoms with E-state index in [1.54, 1.807) is 12.1 Å². The summed E-state index contributed by atoms with van der Waals surface area (Å²) in [5, 5.41) is 0. The third kappa shape index (κ3) is 4.05. The van der Waals surface area contributed by atoms with Gasteiger partial charge in [0.05, 0.1) is 11.5 Å². The smallest absolute Gasteiger partial charge is 0.266 e. The summed E-state index contributed by atoms with van der Waals surface area (Å²) in [6, 6.07) is 6.01. The van der Waals surface area contributed by atoms with Crippen LogP contribution in [-0.2, 0) is 14.3 Å². The Bertz CT molecular complexity index is 454. The molecule has 1 aromatic rings. The minimum absolute atomic E-state index is 0.0235. The summed E-state index contributed by atoms with van der Waals surface area (Å²) in [6.07, 6.45) is -2.59. The van der Waals surface area contributed by atoms with Crippen molar-refractivity contribution in [2.75, 3.05) is 6.61 Å². The van der Waals surface area contributed by atoms with Gasteiger partial charge in [0.15, 0.2) is 0 Å². The summed E-state index contributed by atoms with van der Waals surface area (Å²) >= 11 is 0. The molecule has 0 spiro atoms. The van der Waals surface area contributed by atoms with Crippen molar-refractivity contribution in [3.8, 4) is 0 Å². The minimum Gasteiger partial charge on any atom is -0.266 e. The maximum atomic E-state index is 12.2. The average Bonchev–Trinajstić information content (AvgIpc) is 2.26. The standard InChI is InChI=1S/C11H14F2O3S/c1-8-3-5-10(6-4-8)17(14,15)16-7-9(2)11(12)13/h3-6,9,11H,7H2,1-2H3. The van der Waals surface area contributed by atoms with Gasteiger partial charge in [-0.15, -0.1) is 0 Å². The normalized spacial score (nSPS) is 13.9. The molecule has 0 fully saturated rings. The van der Waals surface area contributed by atoms with Crippen LogP contribution in [0.5, 0.6) is 0 Å². The van der Waals surface area contributed by atoms with Crippen molar-refractivity contribution < 1.29 is 21.4 Å². The van der Waals surface area contributed by atoms with Crippen LogP contribution < -0.4 is 0 Å². The lowest BCUT2D eigenvalue weighted by Crippen LogP contribution is -2.18. The van der Waals surface area contributed by atoms with E-state index in [2.05, 4.69) is 4.18 Å². The molecule has 1 rings (SSSR count). The van der Waals surface area contributed by atoms with Crippen molar-refractivity contribution in [3.05, 3.63) is 29.8 Å². The molecule has 3 nitrogen and oxygen atoms in total. The Morgan fingerprint density at radius 2 is 1.76 bits per heavy atom. The second-order valence-electron chi connectivity index (χ2n) is 3.86. The van der Waals surface area contributed by atoms with Crippen LogP contribution in [0.4, 0.5) is 8.78 Å². The van der Waals surface area contributed by atoms with E-state index in [9.17, 15) is 17.2 Å². The zero-order valence-corrected chi connectivity index (χ0v) is 10.4. The fraction of sp³-hybridized carbons (Fsp3) is 0.455. The Morgan fingerprint density at radius 3 is 2.24 bits per heavy atom. The third-order valence-corrected chi connectivity index (χ3v) is 3.52. The Hall–Kier alpha value is -1.01. The van der Waals surface area contributed by atoms with Gasteiger partial charge in [-0.25, -0.2) is 8.78 Å². The molecule has 1 aromatic carbocycles. The summed E-state index contributed by atoms with van der Waals surface area (Å²) in [4.78, 5) is -0.0235. The number of alkyl halides is 2. The second-order valence-corrected chi connectivity index (χ2v) is 5.48. The lowest BCUT2D eigenvalue weighted by molar-refractivity contribution is 0.0597. The van der Waals surface area contributed by atoms with Gasteiger partial charge in [-0.05, 0) is 19.1 Å². The van der Waals surface area contributed by atoms with Crippen LogP contribution in [0.25, 0.3) is 0 Å². The first-order valence-electron chi connectivity index (χ1n) is 5.07. The van der Waals surface area contributed by atoms with Crippen molar-refractivity contribution >= 4 is 10.1 Å². The van der Waals surface area contributed by atoms with E-state index >= 15 is 0 Å². The molecule has 0 aliphatic carbocycles. The van der Waals surface area contributed by atoms with E-state index < -0.39 is 29.1 Å². The lowest BCUT2D eigenvalue weighted by Gasteiger charge is -2.10. The molecular formula is C11H14F2O3S. The zero-order chi connectivity index (χ0) is 13.1. The molecule has 1 atom stereocenters. The summed E-state index contributed by atoms with van der Waals surface area (Å²) in [7, 11) is -3.94. The first-order chi connectivity index (χ1) is 7.83. The van der Waals surface area contributed by atoms with E-state index in [0.717, 1.165) is 5.56 Å². The SMILES string of the molecule is Cc1ccc(S(=O)(=O)OCC(C)C(F)F)cc1. The van der Waals surface area contributed by atoms with Crippen molar-refractivity contribution in [3.63, 3.8) is 0 Å². The molecule has 0 N–H and O–H groups in total. The molecule has 0 aromatic heterocycles. The predicted octanol–water partition coefficient (Wildman–Crippen LogP) is 2.60. The molecule has 6 heteroatoms. The van der Waals surface area contributed by atoms with E-state index in [1.165, 1.54) is 19.1 Å². The quantitative estimate of drug-likeness (QED) is 0.768. The Balaban J connectivity index is 2.72. The van der Waals surface area contributed by atoms with Crippen molar-refractivity contribution in [2.45, 2.75) is 25.2 Å². The molecule has 96 valence electrons. The number of hydrogen-bond donors (Lipinski definition) is 0. The maximum absolute atomic E-state index is 12.2. The van der Waals surface area contributed by atoms with Crippen molar-refractivity contribution in [1.82, 2.24) is 0 Å². The van der Waals surface area contributed by atoms with Gasteiger partial charge < -0.3 is 0 Å². The van der Waals surface area contributed by atoms with E-state index in [1.807, 2.05) is 6.92 Å². The second kappa shape index (κ2) is 5.55. The molecule has 0 heterocycles. The lowest BCUT2D eigenvalue weighted by atomic mass is 10.2. The molecule has 0 aliphatic heterocycles. The number of benzene rings is 1. The molecule has 0 aliphatic rings. The Morgan fingerprint density at radius 1 is 1.24 bits per heavy atom. The zero-order valence-electron chi connectivity index (χ0n) is 9.56. The van der Waals surface area contributed by atoms with Gasteiger partial charge in [-0.3, -0.25) is 4.18 Å². The van der Waals surface area contributed by atoms with Gasteiger partial charge in [-0.2, -0.15) is 8.42 Å². The highest BCUT2D eigenvalue weighted by atomic mass is 32.2. The average molecular weight is 264 g/mol. The van der Waals surface area contributed by atoms with Crippen LogP contribution in [0.15, 0.2) is 29.2 Å². The fourth-order valence-electron chi connectivity index (χ4n) is 1.04. The summed E-state index contributed by atoms with van der Waals surface area (Å²) < 4.78 is 52.1. The van der Waals surface area contributed by atoms with E-state index in [-0.39, 0.29) is 4.90 Å². The van der Waals surface area contributed by atoms with Crippen LogP contribution in [0.2, 0.25) is 0 Å². The van der Waals surface area contributed by atoms with Crippen LogP contribution in [-0.4, -0.2) is 21.5 Å². The fourth-order valence-corrected chi connectivity index (χ4v) is 2.04. The van der Waals surface area contributed by atoms with Crippen molar-refractivity contribution in [2.24, 2.45) is 5.92 Å². The van der Waals surface area contributed by atoms with Gasteiger partial charge in [0.25, 0.3) is 10.1 Å². The van der Waals surface area contributed by atoms with Crippen LogP contribution in [0.1, 0.15) is 12.5 Å². The molecule has 0 amide bonds. The molecule has 0 bridgehead atoms. The van der Waals surface area contributed by atoms with Gasteiger partial charge >= 0.3 is 0 Å². The Labute approximate surface area is 99.5 Å². The number of aryl methyl sites for hydroxylation is 1. The number of rotatable bonds is 5. The monoisotopic (exact) mass is 264 g/mol. The molecule has 0 saturated carbocycles. The van der Waals surface area contributed by atoms with Crippen LogP contribution >= 0.6 is 0 Å². The number of halogens is 2.